The first kappa shape index (κ1) is 25.1. The van der Waals surface area contributed by atoms with Crippen LogP contribution in [0.5, 0.6) is 0 Å². The Morgan fingerprint density at radius 3 is 2.00 bits per heavy atom. The number of carbonyl (C=O) groups excluding carboxylic acids is 1. The normalized spacial score (nSPS) is 15.4. The van der Waals surface area contributed by atoms with Crippen molar-refractivity contribution in [1.29, 1.82) is 0 Å². The van der Waals surface area contributed by atoms with Gasteiger partial charge in [-0.1, -0.05) is 26.0 Å². The zero-order valence-corrected chi connectivity index (χ0v) is 20.4. The highest BCUT2D eigenvalue weighted by atomic mass is 32.2. The molecule has 3 rings (SSSR count). The number of nitrogens with zero attached hydrogens (tertiary/aromatic N) is 2. The number of nitrogens with one attached hydrogen (secondary N) is 1. The van der Waals surface area contributed by atoms with E-state index >= 15 is 0 Å². The maximum absolute atomic E-state index is 12.6. The number of carbonyl (C=O) groups is 1. The monoisotopic (exact) mass is 491 g/mol. The first-order chi connectivity index (χ1) is 15.7. The fourth-order valence-electron chi connectivity index (χ4n) is 3.61. The molecule has 1 saturated heterocycles. The number of rotatable bonds is 9. The number of amides is 1. The highest BCUT2D eigenvalue weighted by molar-refractivity contribution is 7.89. The van der Waals surface area contributed by atoms with E-state index in [-0.39, 0.29) is 15.7 Å². The Morgan fingerprint density at radius 1 is 0.909 bits per heavy atom. The minimum absolute atomic E-state index is 0.205. The van der Waals surface area contributed by atoms with Crippen LogP contribution in [0.25, 0.3) is 6.08 Å². The lowest BCUT2D eigenvalue weighted by Crippen LogP contribution is -2.30. The van der Waals surface area contributed by atoms with Gasteiger partial charge in [-0.2, -0.15) is 8.61 Å². The van der Waals surface area contributed by atoms with Crippen molar-refractivity contribution in [3.63, 3.8) is 0 Å². The van der Waals surface area contributed by atoms with Crippen LogP contribution < -0.4 is 5.32 Å². The van der Waals surface area contributed by atoms with Crippen molar-refractivity contribution in [2.45, 2.75) is 36.5 Å². The van der Waals surface area contributed by atoms with Crippen LogP contribution in [0.1, 0.15) is 32.3 Å². The second-order valence-corrected chi connectivity index (χ2v) is 11.5. The number of hydrogen-bond donors (Lipinski definition) is 1. The minimum Gasteiger partial charge on any atom is -0.323 e. The van der Waals surface area contributed by atoms with Gasteiger partial charge in [0.1, 0.15) is 0 Å². The molecule has 0 saturated carbocycles. The van der Waals surface area contributed by atoms with Gasteiger partial charge in [-0.3, -0.25) is 4.79 Å². The molecule has 178 valence electrons. The number of anilines is 1. The molecule has 1 fully saturated rings. The average molecular weight is 492 g/mol. The Morgan fingerprint density at radius 2 is 1.45 bits per heavy atom. The van der Waals surface area contributed by atoms with E-state index in [1.54, 1.807) is 44.2 Å². The Kier molecular flexibility index (Phi) is 8.06. The lowest BCUT2D eigenvalue weighted by molar-refractivity contribution is -0.111. The first-order valence-electron chi connectivity index (χ1n) is 10.9. The van der Waals surface area contributed by atoms with Crippen LogP contribution in [0.4, 0.5) is 5.69 Å². The number of hydrogen-bond acceptors (Lipinski definition) is 5. The SMILES string of the molecule is CCN(CC)S(=O)(=O)c1ccc(C=CC(=O)Nc2ccc(S(=O)(=O)N3CCCC3)cc2)cc1. The standard InChI is InChI=1S/C23H29N3O5S2/c1-3-25(4-2)32(28,29)21-12-7-19(8-13-21)9-16-23(27)24-20-10-14-22(15-11-20)33(30,31)26-17-5-6-18-26/h7-16H,3-6,17-18H2,1-2H3,(H,24,27). The van der Waals surface area contributed by atoms with E-state index in [1.807, 2.05) is 0 Å². The van der Waals surface area contributed by atoms with Crippen LogP contribution >= 0.6 is 0 Å². The molecule has 0 atom stereocenters. The van der Waals surface area contributed by atoms with E-state index in [9.17, 15) is 21.6 Å². The zero-order valence-electron chi connectivity index (χ0n) is 18.8. The molecule has 33 heavy (non-hydrogen) atoms. The maximum atomic E-state index is 12.6. The van der Waals surface area contributed by atoms with Crippen LogP contribution in [0.15, 0.2) is 64.4 Å². The van der Waals surface area contributed by atoms with Gasteiger partial charge < -0.3 is 5.32 Å². The molecule has 8 nitrogen and oxygen atoms in total. The van der Waals surface area contributed by atoms with Crippen molar-refractivity contribution >= 4 is 37.7 Å². The fraction of sp³-hybridized carbons (Fsp3) is 0.348. The summed E-state index contributed by atoms with van der Waals surface area (Å²) >= 11 is 0. The molecule has 1 N–H and O–H groups in total. The van der Waals surface area contributed by atoms with Crippen molar-refractivity contribution in [2.24, 2.45) is 0 Å². The Labute approximate surface area is 196 Å². The average Bonchev–Trinajstić information content (AvgIpc) is 3.35. The molecule has 0 aromatic heterocycles. The highest BCUT2D eigenvalue weighted by Gasteiger charge is 2.27. The third kappa shape index (κ3) is 5.89. The van der Waals surface area contributed by atoms with Crippen LogP contribution in [-0.4, -0.2) is 57.5 Å². The topological polar surface area (TPSA) is 104 Å². The molecule has 1 amide bonds. The second-order valence-electron chi connectivity index (χ2n) is 7.62. The summed E-state index contributed by atoms with van der Waals surface area (Å²) in [5, 5.41) is 2.69. The smallest absolute Gasteiger partial charge is 0.248 e. The fourth-order valence-corrected chi connectivity index (χ4v) is 6.58. The molecule has 1 aliphatic rings. The van der Waals surface area contributed by atoms with Crippen molar-refractivity contribution in [3.8, 4) is 0 Å². The van der Waals surface area contributed by atoms with Crippen molar-refractivity contribution in [2.75, 3.05) is 31.5 Å². The van der Waals surface area contributed by atoms with Crippen molar-refractivity contribution in [3.05, 3.63) is 60.2 Å². The Bertz CT molecular complexity index is 1200. The van der Waals surface area contributed by atoms with Crippen LogP contribution in [-0.2, 0) is 24.8 Å². The van der Waals surface area contributed by atoms with Crippen LogP contribution in [0.3, 0.4) is 0 Å². The summed E-state index contributed by atoms with van der Waals surface area (Å²) in [6.07, 6.45) is 4.65. The lowest BCUT2D eigenvalue weighted by atomic mass is 10.2. The summed E-state index contributed by atoms with van der Waals surface area (Å²) in [7, 11) is -7.02. The molecular weight excluding hydrogens is 462 g/mol. The Hall–Kier alpha value is -2.53. The van der Waals surface area contributed by atoms with Gasteiger partial charge in [0.2, 0.25) is 26.0 Å². The summed E-state index contributed by atoms with van der Waals surface area (Å²) in [4.78, 5) is 12.7. The van der Waals surface area contributed by atoms with Crippen molar-refractivity contribution < 1.29 is 21.6 Å². The molecule has 0 radical (unpaired) electrons. The van der Waals surface area contributed by atoms with Gasteiger partial charge in [-0.15, -0.1) is 0 Å². The summed E-state index contributed by atoms with van der Waals surface area (Å²) in [6, 6.07) is 12.4. The maximum Gasteiger partial charge on any atom is 0.248 e. The van der Waals surface area contributed by atoms with Crippen LogP contribution in [0, 0.1) is 0 Å². The molecule has 1 aliphatic heterocycles. The van der Waals surface area contributed by atoms with Gasteiger partial charge in [0.05, 0.1) is 9.79 Å². The highest BCUT2D eigenvalue weighted by Crippen LogP contribution is 2.22. The molecule has 1 heterocycles. The quantitative estimate of drug-likeness (QED) is 0.543. The summed E-state index contributed by atoms with van der Waals surface area (Å²) < 4.78 is 53.1. The molecule has 2 aromatic carbocycles. The summed E-state index contributed by atoms with van der Waals surface area (Å²) in [5.41, 5.74) is 1.15. The zero-order chi connectivity index (χ0) is 24.1. The van der Waals surface area contributed by atoms with E-state index in [0.717, 1.165) is 12.8 Å². The predicted octanol–water partition coefficient (Wildman–Crippen LogP) is 3.15. The molecular formula is C23H29N3O5S2. The Balaban J connectivity index is 1.62. The predicted molar refractivity (Wildman–Crippen MR) is 129 cm³/mol. The summed E-state index contributed by atoms with van der Waals surface area (Å²) in [6.45, 7) is 5.44. The van der Waals surface area contributed by atoms with E-state index in [4.69, 9.17) is 0 Å². The molecule has 0 spiro atoms. The summed E-state index contributed by atoms with van der Waals surface area (Å²) in [5.74, 6) is -0.384. The van der Waals surface area contributed by atoms with Gasteiger partial charge in [0.25, 0.3) is 0 Å². The van der Waals surface area contributed by atoms with E-state index < -0.39 is 20.0 Å². The molecule has 0 bridgehead atoms. The number of sulfonamides is 2. The largest absolute Gasteiger partial charge is 0.323 e. The van der Waals surface area contributed by atoms with Gasteiger partial charge in [0, 0.05) is 37.9 Å². The lowest BCUT2D eigenvalue weighted by Gasteiger charge is -2.18. The minimum atomic E-state index is -3.53. The number of benzene rings is 2. The van der Waals surface area contributed by atoms with Gasteiger partial charge in [-0.25, -0.2) is 16.8 Å². The third-order valence-corrected chi connectivity index (χ3v) is 9.45. The van der Waals surface area contributed by atoms with E-state index in [1.165, 1.54) is 39.0 Å². The second kappa shape index (κ2) is 10.6. The van der Waals surface area contributed by atoms with Gasteiger partial charge in [-0.05, 0) is 60.9 Å². The molecule has 0 aliphatic carbocycles. The molecule has 0 unspecified atom stereocenters. The van der Waals surface area contributed by atoms with Crippen molar-refractivity contribution in [1.82, 2.24) is 8.61 Å². The van der Waals surface area contributed by atoms with Gasteiger partial charge >= 0.3 is 0 Å². The van der Waals surface area contributed by atoms with Crippen LogP contribution in [0.2, 0.25) is 0 Å². The van der Waals surface area contributed by atoms with E-state index in [2.05, 4.69) is 5.32 Å². The van der Waals surface area contributed by atoms with Gasteiger partial charge in [0.15, 0.2) is 0 Å². The first-order valence-corrected chi connectivity index (χ1v) is 13.8. The molecule has 2 aromatic rings. The van der Waals surface area contributed by atoms with E-state index in [0.29, 0.717) is 37.4 Å². The third-order valence-electron chi connectivity index (χ3n) is 5.48. The molecule has 10 heteroatoms.